The predicted molar refractivity (Wildman–Crippen MR) is 102 cm³/mol. The fraction of sp³-hybridized carbons (Fsp3) is 0.278. The van der Waals surface area contributed by atoms with Crippen LogP contribution in [-0.4, -0.2) is 31.7 Å². The first-order chi connectivity index (χ1) is 12.8. The maximum Gasteiger partial charge on any atom is 0.271 e. The van der Waals surface area contributed by atoms with Crippen molar-refractivity contribution in [3.05, 3.63) is 57.8 Å². The number of carbonyl (C=O) groups excluding carboxylic acids is 1. The zero-order valence-corrected chi connectivity index (χ0v) is 16.3. The minimum atomic E-state index is -1.45. The summed E-state index contributed by atoms with van der Waals surface area (Å²) in [5, 5.41) is 26.3. The van der Waals surface area contributed by atoms with Crippen molar-refractivity contribution in [2.45, 2.75) is 32.1 Å². The van der Waals surface area contributed by atoms with E-state index >= 15 is 0 Å². The number of aromatic nitrogens is 2. The first-order valence-electron chi connectivity index (χ1n) is 8.09. The van der Waals surface area contributed by atoms with Crippen molar-refractivity contribution in [1.29, 1.82) is 0 Å². The number of carbonyl (C=O) groups is 1. The summed E-state index contributed by atoms with van der Waals surface area (Å²) in [4.78, 5) is 21.5. The van der Waals surface area contributed by atoms with E-state index in [4.69, 9.17) is 0 Å². The van der Waals surface area contributed by atoms with Gasteiger partial charge in [-0.2, -0.15) is 0 Å². The number of nitrogens with one attached hydrogen (secondary N) is 1. The molecule has 0 bridgehead atoms. The highest BCUT2D eigenvalue weighted by atomic mass is 32.1. The highest BCUT2D eigenvalue weighted by molar-refractivity contribution is 7.20. The van der Waals surface area contributed by atoms with Gasteiger partial charge in [0.25, 0.3) is 5.91 Å². The van der Waals surface area contributed by atoms with Gasteiger partial charge in [-0.05, 0) is 31.5 Å². The van der Waals surface area contributed by atoms with Gasteiger partial charge in [0, 0.05) is 18.1 Å². The van der Waals surface area contributed by atoms with Gasteiger partial charge in [0.1, 0.15) is 17.6 Å². The number of aliphatic hydroxyl groups excluding tert-OH is 1. The molecule has 0 aliphatic carbocycles. The normalized spacial score (nSPS) is 12.8. The lowest BCUT2D eigenvalue weighted by molar-refractivity contribution is -0.0482. The molecule has 3 N–H and O–H groups in total. The summed E-state index contributed by atoms with van der Waals surface area (Å²) in [5.41, 5.74) is -0.676. The second kappa shape index (κ2) is 7.81. The van der Waals surface area contributed by atoms with Crippen LogP contribution in [0.25, 0.3) is 10.0 Å². The van der Waals surface area contributed by atoms with Crippen molar-refractivity contribution in [2.75, 3.05) is 0 Å². The average Bonchev–Trinajstić information content (AvgIpc) is 3.29. The topological polar surface area (TPSA) is 95.3 Å². The van der Waals surface area contributed by atoms with Gasteiger partial charge in [0.2, 0.25) is 0 Å². The molecule has 1 atom stereocenters. The highest BCUT2D eigenvalue weighted by Crippen LogP contribution is 2.37. The van der Waals surface area contributed by atoms with Crippen LogP contribution < -0.4 is 5.32 Å². The van der Waals surface area contributed by atoms with Crippen molar-refractivity contribution in [1.82, 2.24) is 15.3 Å². The van der Waals surface area contributed by atoms with E-state index in [1.807, 2.05) is 0 Å². The number of hydrogen-bond acceptors (Lipinski definition) is 7. The molecule has 9 heteroatoms. The molecule has 0 aliphatic heterocycles. The minimum Gasteiger partial charge on any atom is -0.387 e. The Kier molecular flexibility index (Phi) is 5.66. The second-order valence-electron chi connectivity index (χ2n) is 6.43. The van der Waals surface area contributed by atoms with Crippen LogP contribution >= 0.6 is 22.7 Å². The summed E-state index contributed by atoms with van der Waals surface area (Å²) >= 11 is 2.49. The van der Waals surface area contributed by atoms with Crippen molar-refractivity contribution >= 4 is 28.6 Å². The molecule has 27 heavy (non-hydrogen) atoms. The molecule has 1 aromatic carbocycles. The molecule has 2 heterocycles. The average molecular weight is 407 g/mol. The number of hydrogen-bond donors (Lipinski definition) is 3. The molecule has 0 saturated heterocycles. The molecule has 6 nitrogen and oxygen atoms in total. The lowest BCUT2D eigenvalue weighted by atomic mass is 9.99. The van der Waals surface area contributed by atoms with Gasteiger partial charge >= 0.3 is 0 Å². The Balaban J connectivity index is 1.87. The summed E-state index contributed by atoms with van der Waals surface area (Å²) in [6, 6.07) is 5.78. The molecule has 2 aromatic heterocycles. The third kappa shape index (κ3) is 4.56. The SMILES string of the molecule is CC(C)(O)C(O)c1sc(-c2nccs2)nc1C(=O)NCc1ccc(F)cc1. The summed E-state index contributed by atoms with van der Waals surface area (Å²) in [5.74, 6) is -0.843. The van der Waals surface area contributed by atoms with Crippen molar-refractivity contribution in [3.8, 4) is 10.0 Å². The number of halogens is 1. The lowest BCUT2D eigenvalue weighted by Crippen LogP contribution is -2.31. The quantitative estimate of drug-likeness (QED) is 0.583. The monoisotopic (exact) mass is 407 g/mol. The number of rotatable bonds is 6. The van der Waals surface area contributed by atoms with Crippen LogP contribution in [0.4, 0.5) is 4.39 Å². The zero-order valence-electron chi connectivity index (χ0n) is 14.6. The summed E-state index contributed by atoms with van der Waals surface area (Å²) in [6.45, 7) is 3.10. The van der Waals surface area contributed by atoms with Crippen LogP contribution in [0.3, 0.4) is 0 Å². The molecular formula is C18H18FN3O3S2. The summed E-state index contributed by atoms with van der Waals surface area (Å²) < 4.78 is 13.0. The first-order valence-corrected chi connectivity index (χ1v) is 9.79. The van der Waals surface area contributed by atoms with Crippen LogP contribution in [0.1, 0.15) is 40.9 Å². The Morgan fingerprint density at radius 2 is 2.00 bits per heavy atom. The van der Waals surface area contributed by atoms with E-state index in [-0.39, 0.29) is 22.9 Å². The predicted octanol–water partition coefficient (Wildman–Crippen LogP) is 3.14. The first kappa shape index (κ1) is 19.6. The molecule has 3 rings (SSSR count). The van der Waals surface area contributed by atoms with E-state index in [1.54, 1.807) is 23.7 Å². The largest absolute Gasteiger partial charge is 0.387 e. The van der Waals surface area contributed by atoms with Gasteiger partial charge in [-0.1, -0.05) is 12.1 Å². The van der Waals surface area contributed by atoms with E-state index in [0.717, 1.165) is 16.9 Å². The maximum atomic E-state index is 13.0. The van der Waals surface area contributed by atoms with Crippen LogP contribution in [-0.2, 0) is 6.54 Å². The number of nitrogens with zero attached hydrogens (tertiary/aromatic N) is 2. The van der Waals surface area contributed by atoms with Crippen LogP contribution in [0.15, 0.2) is 35.8 Å². The zero-order chi connectivity index (χ0) is 19.6. The van der Waals surface area contributed by atoms with Crippen molar-refractivity contribution in [3.63, 3.8) is 0 Å². The van der Waals surface area contributed by atoms with Gasteiger partial charge in [-0.25, -0.2) is 14.4 Å². The van der Waals surface area contributed by atoms with Crippen LogP contribution in [0, 0.1) is 5.82 Å². The van der Waals surface area contributed by atoms with E-state index in [0.29, 0.717) is 10.0 Å². The van der Waals surface area contributed by atoms with Gasteiger partial charge in [0.15, 0.2) is 10.0 Å². The fourth-order valence-electron chi connectivity index (χ4n) is 2.29. The van der Waals surface area contributed by atoms with Crippen LogP contribution in [0.2, 0.25) is 0 Å². The Morgan fingerprint density at radius 3 is 2.59 bits per heavy atom. The van der Waals surface area contributed by atoms with Gasteiger partial charge in [-0.15, -0.1) is 22.7 Å². The van der Waals surface area contributed by atoms with E-state index in [2.05, 4.69) is 15.3 Å². The van der Waals surface area contributed by atoms with Gasteiger partial charge in [-0.3, -0.25) is 4.79 Å². The second-order valence-corrected chi connectivity index (χ2v) is 8.36. The van der Waals surface area contributed by atoms with Crippen molar-refractivity contribution in [2.24, 2.45) is 0 Å². The molecule has 0 aliphatic rings. The lowest BCUT2D eigenvalue weighted by Gasteiger charge is -2.23. The molecular weight excluding hydrogens is 389 g/mol. The maximum absolute atomic E-state index is 13.0. The smallest absolute Gasteiger partial charge is 0.271 e. The molecule has 0 fully saturated rings. The summed E-state index contributed by atoms with van der Waals surface area (Å²) in [6.07, 6.45) is 0.345. The standard InChI is InChI=1S/C18H18FN3O3S2/c1-18(2,25)14(23)13-12(22-17(27-13)16-20-7-8-26-16)15(24)21-9-10-3-5-11(19)6-4-10/h3-8,14,23,25H,9H2,1-2H3,(H,21,24). The number of aliphatic hydroxyl groups is 2. The highest BCUT2D eigenvalue weighted by Gasteiger charge is 2.33. The van der Waals surface area contributed by atoms with E-state index in [9.17, 15) is 19.4 Å². The van der Waals surface area contributed by atoms with Gasteiger partial charge in [0.05, 0.1) is 10.5 Å². The molecule has 0 saturated carbocycles. The van der Waals surface area contributed by atoms with Crippen LogP contribution in [0.5, 0.6) is 0 Å². The van der Waals surface area contributed by atoms with Gasteiger partial charge < -0.3 is 15.5 Å². The number of benzene rings is 1. The Morgan fingerprint density at radius 1 is 1.30 bits per heavy atom. The third-order valence-electron chi connectivity index (χ3n) is 3.77. The Bertz CT molecular complexity index is 918. The number of thiazole rings is 2. The Labute approximate surface area is 163 Å². The number of amides is 1. The van der Waals surface area contributed by atoms with Crippen molar-refractivity contribution < 1.29 is 19.4 Å². The van der Waals surface area contributed by atoms with E-state index in [1.165, 1.54) is 37.3 Å². The summed E-state index contributed by atoms with van der Waals surface area (Å²) in [7, 11) is 0. The molecule has 0 radical (unpaired) electrons. The third-order valence-corrected chi connectivity index (χ3v) is 5.79. The molecule has 1 unspecified atom stereocenters. The minimum absolute atomic E-state index is 0.0435. The molecule has 142 valence electrons. The molecule has 1 amide bonds. The molecule has 3 aromatic rings. The molecule has 0 spiro atoms. The van der Waals surface area contributed by atoms with E-state index < -0.39 is 17.6 Å². The fourth-order valence-corrected chi connectivity index (χ4v) is 4.20. The Hall–Kier alpha value is -2.20.